The monoisotopic (exact) mass is 421 g/mol. The molecule has 1 aliphatic heterocycles. The van der Waals surface area contributed by atoms with Crippen molar-refractivity contribution in [3.63, 3.8) is 0 Å². The summed E-state index contributed by atoms with van der Waals surface area (Å²) in [4.78, 5) is 30.5. The van der Waals surface area contributed by atoms with Crippen LogP contribution in [0.2, 0.25) is 5.02 Å². The fourth-order valence-electron chi connectivity index (χ4n) is 2.81. The van der Waals surface area contributed by atoms with Crippen LogP contribution in [0.5, 0.6) is 0 Å². The van der Waals surface area contributed by atoms with Gasteiger partial charge >= 0.3 is 0 Å². The summed E-state index contributed by atoms with van der Waals surface area (Å²) in [6, 6.07) is 18.1. The standard InChI is InChI=1S/C22H16ClN3O2S/c23-17-7-2-1-5-14(17)12-20-22(28)26-18-11-15(8-9-19(18)29-20)21(27)25-13-16-6-3-4-10-24-16/h1-12H,13H2,(H,25,27)(H,26,28)/b20-12+. The van der Waals surface area contributed by atoms with Gasteiger partial charge in [-0.25, -0.2) is 0 Å². The number of rotatable bonds is 4. The van der Waals surface area contributed by atoms with Crippen LogP contribution in [0.25, 0.3) is 6.08 Å². The Balaban J connectivity index is 1.50. The molecular weight excluding hydrogens is 406 g/mol. The number of aromatic nitrogens is 1. The molecule has 2 heterocycles. The van der Waals surface area contributed by atoms with Crippen LogP contribution in [-0.2, 0) is 11.3 Å². The topological polar surface area (TPSA) is 71.1 Å². The second kappa shape index (κ2) is 8.51. The number of benzene rings is 2. The first-order valence-electron chi connectivity index (χ1n) is 8.88. The Hall–Kier alpha value is -3.09. The van der Waals surface area contributed by atoms with Crippen LogP contribution >= 0.6 is 23.4 Å². The summed E-state index contributed by atoms with van der Waals surface area (Å²) in [6.07, 6.45) is 3.44. The summed E-state index contributed by atoms with van der Waals surface area (Å²) in [6.45, 7) is 0.336. The zero-order valence-corrected chi connectivity index (χ0v) is 16.8. The number of halogens is 1. The van der Waals surface area contributed by atoms with Gasteiger partial charge in [-0.2, -0.15) is 0 Å². The smallest absolute Gasteiger partial charge is 0.262 e. The van der Waals surface area contributed by atoms with Crippen molar-refractivity contribution in [2.45, 2.75) is 11.4 Å². The fourth-order valence-corrected chi connectivity index (χ4v) is 3.92. The third-order valence-electron chi connectivity index (χ3n) is 4.28. The van der Waals surface area contributed by atoms with Crippen LogP contribution in [0.15, 0.2) is 76.7 Å². The van der Waals surface area contributed by atoms with Gasteiger partial charge in [0.1, 0.15) is 0 Å². The average molecular weight is 422 g/mol. The molecule has 4 rings (SSSR count). The zero-order valence-electron chi connectivity index (χ0n) is 15.2. The van der Waals surface area contributed by atoms with Gasteiger partial charge in [-0.1, -0.05) is 47.6 Å². The molecule has 0 saturated carbocycles. The van der Waals surface area contributed by atoms with Crippen LogP contribution in [0.3, 0.4) is 0 Å². The number of nitrogens with one attached hydrogen (secondary N) is 2. The van der Waals surface area contributed by atoms with E-state index in [4.69, 9.17) is 11.6 Å². The van der Waals surface area contributed by atoms with Crippen molar-refractivity contribution in [1.29, 1.82) is 0 Å². The molecule has 144 valence electrons. The maximum absolute atomic E-state index is 12.5. The normalized spacial score (nSPS) is 14.2. The molecule has 7 heteroatoms. The van der Waals surface area contributed by atoms with Gasteiger partial charge in [0.15, 0.2) is 0 Å². The van der Waals surface area contributed by atoms with Gasteiger partial charge in [0.05, 0.1) is 22.8 Å². The minimum absolute atomic E-state index is 0.227. The lowest BCUT2D eigenvalue weighted by molar-refractivity contribution is -0.112. The molecule has 3 aromatic rings. The number of carbonyl (C=O) groups is 2. The fraction of sp³-hybridized carbons (Fsp3) is 0.0455. The van der Waals surface area contributed by atoms with Crippen LogP contribution in [0, 0.1) is 0 Å². The molecule has 0 saturated heterocycles. The lowest BCUT2D eigenvalue weighted by Crippen LogP contribution is -2.24. The lowest BCUT2D eigenvalue weighted by Gasteiger charge is -2.19. The molecule has 0 unspecified atom stereocenters. The number of anilines is 1. The second-order valence-corrected chi connectivity index (χ2v) is 7.79. The number of nitrogens with zero attached hydrogens (tertiary/aromatic N) is 1. The molecular formula is C22H16ClN3O2S. The van der Waals surface area contributed by atoms with E-state index in [9.17, 15) is 9.59 Å². The van der Waals surface area contributed by atoms with Crippen molar-refractivity contribution in [1.82, 2.24) is 10.3 Å². The predicted molar refractivity (Wildman–Crippen MR) is 116 cm³/mol. The van der Waals surface area contributed by atoms with Crippen LogP contribution in [0.4, 0.5) is 5.69 Å². The highest BCUT2D eigenvalue weighted by molar-refractivity contribution is 8.04. The van der Waals surface area contributed by atoms with Crippen molar-refractivity contribution in [3.8, 4) is 0 Å². The molecule has 0 aliphatic carbocycles. The molecule has 2 aromatic carbocycles. The lowest BCUT2D eigenvalue weighted by atomic mass is 10.1. The minimum atomic E-state index is -0.228. The van der Waals surface area contributed by atoms with E-state index in [0.29, 0.717) is 27.7 Å². The quantitative estimate of drug-likeness (QED) is 0.596. The van der Waals surface area contributed by atoms with E-state index < -0.39 is 0 Å². The van der Waals surface area contributed by atoms with E-state index in [1.165, 1.54) is 11.8 Å². The zero-order chi connectivity index (χ0) is 20.2. The molecule has 0 atom stereocenters. The molecule has 0 radical (unpaired) electrons. The maximum Gasteiger partial charge on any atom is 0.262 e. The average Bonchev–Trinajstić information content (AvgIpc) is 2.74. The Morgan fingerprint density at radius 2 is 1.97 bits per heavy atom. The maximum atomic E-state index is 12.5. The minimum Gasteiger partial charge on any atom is -0.346 e. The van der Waals surface area contributed by atoms with Crippen molar-refractivity contribution in [3.05, 3.63) is 93.6 Å². The largest absolute Gasteiger partial charge is 0.346 e. The van der Waals surface area contributed by atoms with Crippen LogP contribution < -0.4 is 10.6 Å². The molecule has 1 aliphatic rings. The molecule has 2 amide bonds. The molecule has 2 N–H and O–H groups in total. The number of pyridine rings is 1. The summed E-state index contributed by atoms with van der Waals surface area (Å²) < 4.78 is 0. The van der Waals surface area contributed by atoms with E-state index in [-0.39, 0.29) is 11.8 Å². The van der Waals surface area contributed by atoms with Crippen LogP contribution in [0.1, 0.15) is 21.6 Å². The van der Waals surface area contributed by atoms with Gasteiger partial charge < -0.3 is 10.6 Å². The van der Waals surface area contributed by atoms with Crippen molar-refractivity contribution >= 4 is 46.9 Å². The Labute approximate surface area is 177 Å². The van der Waals surface area contributed by atoms with E-state index in [1.54, 1.807) is 30.5 Å². The SMILES string of the molecule is O=C1Nc2cc(C(=O)NCc3ccccn3)ccc2S/C1=C/c1ccccc1Cl. The predicted octanol–water partition coefficient (Wildman–Crippen LogP) is 4.75. The van der Waals surface area contributed by atoms with E-state index in [1.807, 2.05) is 42.5 Å². The Morgan fingerprint density at radius 3 is 2.76 bits per heavy atom. The Kier molecular flexibility index (Phi) is 5.64. The number of thioether (sulfide) groups is 1. The molecule has 0 bridgehead atoms. The molecule has 1 aromatic heterocycles. The van der Waals surface area contributed by atoms with E-state index in [0.717, 1.165) is 16.2 Å². The number of carbonyl (C=O) groups excluding carboxylic acids is 2. The van der Waals surface area contributed by atoms with Gasteiger partial charge in [-0.3, -0.25) is 14.6 Å². The van der Waals surface area contributed by atoms with Gasteiger partial charge in [-0.15, -0.1) is 0 Å². The highest BCUT2D eigenvalue weighted by Crippen LogP contribution is 2.39. The third kappa shape index (κ3) is 4.50. The summed E-state index contributed by atoms with van der Waals surface area (Å²) in [5.74, 6) is -0.455. The highest BCUT2D eigenvalue weighted by atomic mass is 35.5. The summed E-state index contributed by atoms with van der Waals surface area (Å²) in [5, 5.41) is 6.27. The van der Waals surface area contributed by atoms with E-state index >= 15 is 0 Å². The van der Waals surface area contributed by atoms with Gasteiger partial charge in [0, 0.05) is 21.7 Å². The number of amides is 2. The summed E-state index contributed by atoms with van der Waals surface area (Å²) in [7, 11) is 0. The number of hydrogen-bond acceptors (Lipinski definition) is 4. The van der Waals surface area contributed by atoms with Crippen LogP contribution in [-0.4, -0.2) is 16.8 Å². The first kappa shape index (κ1) is 19.2. The van der Waals surface area contributed by atoms with Crippen molar-refractivity contribution < 1.29 is 9.59 Å². The third-order valence-corrected chi connectivity index (χ3v) is 5.72. The molecule has 0 spiro atoms. The van der Waals surface area contributed by atoms with Gasteiger partial charge in [0.25, 0.3) is 11.8 Å². The van der Waals surface area contributed by atoms with Crippen molar-refractivity contribution in [2.75, 3.05) is 5.32 Å². The number of fused-ring (bicyclic) bond motifs is 1. The molecule has 5 nitrogen and oxygen atoms in total. The van der Waals surface area contributed by atoms with E-state index in [2.05, 4.69) is 15.6 Å². The summed E-state index contributed by atoms with van der Waals surface area (Å²) >= 11 is 7.53. The first-order chi connectivity index (χ1) is 14.1. The number of hydrogen-bond donors (Lipinski definition) is 2. The van der Waals surface area contributed by atoms with Gasteiger partial charge in [0.2, 0.25) is 0 Å². The second-order valence-electron chi connectivity index (χ2n) is 6.30. The first-order valence-corrected chi connectivity index (χ1v) is 10.1. The van der Waals surface area contributed by atoms with Gasteiger partial charge in [-0.05, 0) is 48.0 Å². The molecule has 0 fully saturated rings. The molecule has 29 heavy (non-hydrogen) atoms. The summed E-state index contributed by atoms with van der Waals surface area (Å²) in [5.41, 5.74) is 2.64. The Morgan fingerprint density at radius 1 is 1.14 bits per heavy atom. The van der Waals surface area contributed by atoms with Crippen molar-refractivity contribution in [2.24, 2.45) is 0 Å². The highest BCUT2D eigenvalue weighted by Gasteiger charge is 2.22. The Bertz CT molecular complexity index is 1120.